The van der Waals surface area contributed by atoms with Crippen LogP contribution in [0.3, 0.4) is 0 Å². The van der Waals surface area contributed by atoms with Crippen LogP contribution in [0, 0.1) is 0 Å². The molecule has 8 heteroatoms. The fourth-order valence-electron chi connectivity index (χ4n) is 4.06. The molecule has 0 saturated heterocycles. The fraction of sp³-hybridized carbons (Fsp3) is 0. The van der Waals surface area contributed by atoms with E-state index in [1.54, 1.807) is 0 Å². The van der Waals surface area contributed by atoms with Crippen molar-refractivity contribution < 1.29 is 39.6 Å². The highest BCUT2D eigenvalue weighted by Gasteiger charge is 2.07. The van der Waals surface area contributed by atoms with Crippen LogP contribution in [0.2, 0.25) is 0 Å². The smallest absolute Gasteiger partial charge is 0.335 e. The zero-order valence-electron chi connectivity index (χ0n) is 25.6. The standard InChI is InChI=1S/2C12H10.2C8H6O4/c2*1-3-7-11(8-4-1)12-9-5-2-6-10-12;9-7(10)5-1-2-6(4-3-5)8(11)12;9-7(10)5-2-1-3-6(4-5)8(11)12/h2*1-10H;2*1-4H,(H,9,10)(H,11,12). The molecule has 0 amide bonds. The predicted molar refractivity (Wildman–Crippen MR) is 184 cm³/mol. The molecular weight excluding hydrogens is 608 g/mol. The Kier molecular flexibility index (Phi) is 14.0. The van der Waals surface area contributed by atoms with Crippen LogP contribution < -0.4 is 0 Å². The number of carboxylic acid groups (broad SMARTS) is 4. The zero-order chi connectivity index (χ0) is 34.7. The summed E-state index contributed by atoms with van der Waals surface area (Å²) in [6, 6.07) is 51.8. The lowest BCUT2D eigenvalue weighted by Gasteiger charge is -1.98. The lowest BCUT2D eigenvalue weighted by molar-refractivity contribution is 0.0681. The van der Waals surface area contributed by atoms with E-state index in [2.05, 4.69) is 97.1 Å². The van der Waals surface area contributed by atoms with Gasteiger partial charge in [0.1, 0.15) is 0 Å². The van der Waals surface area contributed by atoms with Crippen molar-refractivity contribution in [2.75, 3.05) is 0 Å². The molecule has 0 atom stereocenters. The highest BCUT2D eigenvalue weighted by atomic mass is 16.4. The molecule has 0 bridgehead atoms. The second-order valence-corrected chi connectivity index (χ2v) is 9.84. The molecule has 240 valence electrons. The first-order valence-corrected chi connectivity index (χ1v) is 14.5. The van der Waals surface area contributed by atoms with Crippen molar-refractivity contribution in [3.63, 3.8) is 0 Å². The molecule has 0 aliphatic rings. The summed E-state index contributed by atoms with van der Waals surface area (Å²) < 4.78 is 0. The van der Waals surface area contributed by atoms with Crippen LogP contribution in [0.5, 0.6) is 0 Å². The van der Waals surface area contributed by atoms with Gasteiger partial charge in [-0.1, -0.05) is 127 Å². The van der Waals surface area contributed by atoms with Gasteiger partial charge in [0.15, 0.2) is 0 Å². The number of rotatable bonds is 6. The summed E-state index contributed by atoms with van der Waals surface area (Å²) in [5.74, 6) is -4.38. The van der Waals surface area contributed by atoms with Crippen LogP contribution in [-0.4, -0.2) is 44.3 Å². The van der Waals surface area contributed by atoms with E-state index < -0.39 is 23.9 Å². The number of hydrogen-bond donors (Lipinski definition) is 4. The Morgan fingerprint density at radius 2 is 0.500 bits per heavy atom. The van der Waals surface area contributed by atoms with E-state index in [-0.39, 0.29) is 22.3 Å². The number of carboxylic acids is 4. The van der Waals surface area contributed by atoms with Gasteiger partial charge in [0, 0.05) is 0 Å². The third-order valence-corrected chi connectivity index (χ3v) is 6.50. The van der Waals surface area contributed by atoms with Gasteiger partial charge in [0.05, 0.1) is 22.3 Å². The maximum atomic E-state index is 10.4. The van der Waals surface area contributed by atoms with Crippen molar-refractivity contribution in [3.05, 3.63) is 192 Å². The lowest BCUT2D eigenvalue weighted by atomic mass is 10.1. The van der Waals surface area contributed by atoms with Gasteiger partial charge in [0.25, 0.3) is 0 Å². The molecule has 0 saturated carbocycles. The minimum absolute atomic E-state index is 0.0186. The molecule has 0 aliphatic carbocycles. The van der Waals surface area contributed by atoms with Crippen LogP contribution >= 0.6 is 0 Å². The normalized spacial score (nSPS) is 9.50. The van der Waals surface area contributed by atoms with Crippen molar-refractivity contribution >= 4 is 23.9 Å². The number of benzene rings is 6. The second-order valence-electron chi connectivity index (χ2n) is 9.84. The highest BCUT2D eigenvalue weighted by Crippen LogP contribution is 2.18. The molecule has 0 heterocycles. The van der Waals surface area contributed by atoms with Gasteiger partial charge in [-0.15, -0.1) is 0 Å². The van der Waals surface area contributed by atoms with Gasteiger partial charge in [-0.2, -0.15) is 0 Å². The zero-order valence-corrected chi connectivity index (χ0v) is 25.6. The summed E-state index contributed by atoms with van der Waals surface area (Å²) in [6.07, 6.45) is 0. The Labute approximate surface area is 277 Å². The maximum absolute atomic E-state index is 10.4. The quantitative estimate of drug-likeness (QED) is 0.141. The predicted octanol–water partition coefficient (Wildman–Crippen LogP) is 8.87. The molecule has 0 aromatic heterocycles. The Bertz CT molecular complexity index is 1680. The highest BCUT2D eigenvalue weighted by molar-refractivity contribution is 5.93. The minimum atomic E-state index is -1.13. The molecule has 0 radical (unpaired) electrons. The van der Waals surface area contributed by atoms with Crippen LogP contribution in [0.15, 0.2) is 170 Å². The Balaban J connectivity index is 0.000000174. The average molecular weight is 641 g/mol. The average Bonchev–Trinajstić information content (AvgIpc) is 3.14. The van der Waals surface area contributed by atoms with Gasteiger partial charge in [-0.05, 0) is 64.7 Å². The summed E-state index contributed by atoms with van der Waals surface area (Å²) in [4.78, 5) is 41.4. The van der Waals surface area contributed by atoms with Crippen LogP contribution in [0.25, 0.3) is 22.3 Å². The molecule has 6 rings (SSSR count). The van der Waals surface area contributed by atoms with E-state index in [4.69, 9.17) is 20.4 Å². The number of carbonyl (C=O) groups is 4. The third-order valence-electron chi connectivity index (χ3n) is 6.50. The van der Waals surface area contributed by atoms with Crippen molar-refractivity contribution in [1.29, 1.82) is 0 Å². The Hall–Kier alpha value is -6.80. The molecule has 0 unspecified atom stereocenters. The summed E-state index contributed by atoms with van der Waals surface area (Å²) >= 11 is 0. The first-order chi connectivity index (χ1) is 23.2. The molecular formula is C40H32O8. The molecule has 0 fully saturated rings. The van der Waals surface area contributed by atoms with Crippen molar-refractivity contribution in [3.8, 4) is 22.3 Å². The Morgan fingerprint density at radius 1 is 0.271 bits per heavy atom. The van der Waals surface area contributed by atoms with Crippen LogP contribution in [-0.2, 0) is 0 Å². The topological polar surface area (TPSA) is 149 Å². The third kappa shape index (κ3) is 11.9. The van der Waals surface area contributed by atoms with E-state index in [9.17, 15) is 19.2 Å². The molecule has 8 nitrogen and oxygen atoms in total. The van der Waals surface area contributed by atoms with Gasteiger partial charge >= 0.3 is 23.9 Å². The minimum Gasteiger partial charge on any atom is -0.478 e. The van der Waals surface area contributed by atoms with Crippen LogP contribution in [0.1, 0.15) is 41.4 Å². The Morgan fingerprint density at radius 3 is 0.708 bits per heavy atom. The molecule has 0 aliphatic heterocycles. The maximum Gasteiger partial charge on any atom is 0.335 e. The second kappa shape index (κ2) is 18.9. The fourth-order valence-corrected chi connectivity index (χ4v) is 4.06. The molecule has 6 aromatic carbocycles. The molecule has 6 aromatic rings. The molecule has 48 heavy (non-hydrogen) atoms. The van der Waals surface area contributed by atoms with Gasteiger partial charge in [-0.3, -0.25) is 0 Å². The van der Waals surface area contributed by atoms with E-state index >= 15 is 0 Å². The van der Waals surface area contributed by atoms with E-state index in [0.717, 1.165) is 6.07 Å². The first kappa shape index (κ1) is 35.7. The van der Waals surface area contributed by atoms with Gasteiger partial charge < -0.3 is 20.4 Å². The van der Waals surface area contributed by atoms with Crippen molar-refractivity contribution in [1.82, 2.24) is 0 Å². The molecule has 0 spiro atoms. The van der Waals surface area contributed by atoms with Gasteiger partial charge in [0.2, 0.25) is 0 Å². The summed E-state index contributed by atoms with van der Waals surface area (Å²) in [6.45, 7) is 0. The van der Waals surface area contributed by atoms with Crippen molar-refractivity contribution in [2.45, 2.75) is 0 Å². The number of hydrogen-bond acceptors (Lipinski definition) is 4. The molecule has 4 N–H and O–H groups in total. The van der Waals surface area contributed by atoms with Crippen LogP contribution in [0.4, 0.5) is 0 Å². The van der Waals surface area contributed by atoms with E-state index in [1.807, 2.05) is 24.3 Å². The summed E-state index contributed by atoms with van der Waals surface area (Å²) in [5.41, 5.74) is 5.23. The summed E-state index contributed by atoms with van der Waals surface area (Å²) in [7, 11) is 0. The summed E-state index contributed by atoms with van der Waals surface area (Å²) in [5, 5.41) is 33.9. The SMILES string of the molecule is O=C(O)c1ccc(C(=O)O)cc1.O=C(O)c1cccc(C(=O)O)c1.c1ccc(-c2ccccc2)cc1.c1ccc(-c2ccccc2)cc1. The lowest BCUT2D eigenvalue weighted by Crippen LogP contribution is -2.01. The number of aromatic carboxylic acids is 4. The largest absolute Gasteiger partial charge is 0.478 e. The first-order valence-electron chi connectivity index (χ1n) is 14.5. The van der Waals surface area contributed by atoms with Crippen molar-refractivity contribution in [2.24, 2.45) is 0 Å². The monoisotopic (exact) mass is 640 g/mol. The van der Waals surface area contributed by atoms with Gasteiger partial charge in [-0.25, -0.2) is 19.2 Å². The van der Waals surface area contributed by atoms with E-state index in [1.165, 1.54) is 64.7 Å². The van der Waals surface area contributed by atoms with E-state index in [0.29, 0.717) is 0 Å².